The first kappa shape index (κ1) is 16.0. The summed E-state index contributed by atoms with van der Waals surface area (Å²) >= 11 is 0. The zero-order valence-electron chi connectivity index (χ0n) is 12.0. The van der Waals surface area contributed by atoms with E-state index in [1.165, 1.54) is 0 Å². The molecule has 1 aliphatic heterocycles. The molecule has 2 N–H and O–H groups in total. The minimum atomic E-state index is -0.273. The fourth-order valence-electron chi connectivity index (χ4n) is 2.25. The third kappa shape index (κ3) is 5.61. The lowest BCUT2D eigenvalue weighted by molar-refractivity contribution is -0.0835. The maximum Gasteiger partial charge on any atom is 0.317 e. The lowest BCUT2D eigenvalue weighted by Crippen LogP contribution is -2.54. The van der Waals surface area contributed by atoms with E-state index in [-0.39, 0.29) is 30.9 Å². The maximum absolute atomic E-state index is 12.1. The van der Waals surface area contributed by atoms with E-state index in [0.29, 0.717) is 13.1 Å². The number of hydrogen-bond donors (Lipinski definition) is 2. The summed E-state index contributed by atoms with van der Waals surface area (Å²) in [6.45, 7) is 8.57. The van der Waals surface area contributed by atoms with Crippen LogP contribution in [0.25, 0.3) is 0 Å². The van der Waals surface area contributed by atoms with Crippen LogP contribution in [0.3, 0.4) is 0 Å². The molecule has 19 heavy (non-hydrogen) atoms. The standard InChI is InChI=1S/C14H26N2O3/c1-4-5-6-7-11(2)15-14(18)16-8-12(3)19-13(9-16)10-17/h4,11-13,17H,1,5-10H2,2-3H3,(H,15,18)/t11-,12-,13-/m0/s1. The van der Waals surface area contributed by atoms with Crippen LogP contribution in [0.15, 0.2) is 12.7 Å². The van der Waals surface area contributed by atoms with Crippen LogP contribution >= 0.6 is 0 Å². The van der Waals surface area contributed by atoms with Gasteiger partial charge in [-0.3, -0.25) is 0 Å². The molecule has 2 amide bonds. The number of rotatable bonds is 6. The zero-order chi connectivity index (χ0) is 14.3. The SMILES string of the molecule is C=CCCC[C@H](C)NC(=O)N1C[C@@H](CO)O[C@@H](C)C1. The van der Waals surface area contributed by atoms with E-state index in [2.05, 4.69) is 11.9 Å². The van der Waals surface area contributed by atoms with E-state index < -0.39 is 0 Å². The van der Waals surface area contributed by atoms with Gasteiger partial charge >= 0.3 is 6.03 Å². The molecule has 0 saturated carbocycles. The number of carbonyl (C=O) groups is 1. The number of unbranched alkanes of at least 4 members (excludes halogenated alkanes) is 1. The van der Waals surface area contributed by atoms with Crippen molar-refractivity contribution >= 4 is 6.03 Å². The van der Waals surface area contributed by atoms with Crippen molar-refractivity contribution in [3.63, 3.8) is 0 Å². The number of morpholine rings is 1. The number of nitrogens with one attached hydrogen (secondary N) is 1. The Kier molecular flexibility index (Phi) is 6.87. The van der Waals surface area contributed by atoms with Gasteiger partial charge in [0, 0.05) is 12.6 Å². The average Bonchev–Trinajstić information content (AvgIpc) is 2.38. The third-order valence-corrected chi connectivity index (χ3v) is 3.23. The van der Waals surface area contributed by atoms with E-state index in [1.54, 1.807) is 4.90 Å². The van der Waals surface area contributed by atoms with Gasteiger partial charge in [-0.15, -0.1) is 6.58 Å². The Balaban J connectivity index is 2.37. The van der Waals surface area contributed by atoms with Crippen LogP contribution in [-0.4, -0.2) is 54.0 Å². The van der Waals surface area contributed by atoms with Gasteiger partial charge in [0.2, 0.25) is 0 Å². The molecule has 3 atom stereocenters. The molecule has 0 aliphatic carbocycles. The fourth-order valence-corrected chi connectivity index (χ4v) is 2.25. The smallest absolute Gasteiger partial charge is 0.317 e. The highest BCUT2D eigenvalue weighted by Gasteiger charge is 2.28. The van der Waals surface area contributed by atoms with Gasteiger partial charge in [-0.1, -0.05) is 6.08 Å². The fraction of sp³-hybridized carbons (Fsp3) is 0.786. The summed E-state index contributed by atoms with van der Waals surface area (Å²) in [6.07, 6.45) is 4.54. The molecule has 1 heterocycles. The first-order valence-electron chi connectivity index (χ1n) is 6.99. The minimum Gasteiger partial charge on any atom is -0.394 e. The van der Waals surface area contributed by atoms with Crippen molar-refractivity contribution in [2.45, 2.75) is 51.4 Å². The molecule has 0 aromatic carbocycles. The summed E-state index contributed by atoms with van der Waals surface area (Å²) in [7, 11) is 0. The van der Waals surface area contributed by atoms with E-state index in [9.17, 15) is 4.79 Å². The van der Waals surface area contributed by atoms with Crippen LogP contribution in [0.2, 0.25) is 0 Å². The Hall–Kier alpha value is -1.07. The van der Waals surface area contributed by atoms with Crippen molar-refractivity contribution in [3.05, 3.63) is 12.7 Å². The number of allylic oxidation sites excluding steroid dienone is 1. The molecule has 0 aromatic heterocycles. The topological polar surface area (TPSA) is 61.8 Å². The van der Waals surface area contributed by atoms with Crippen molar-refractivity contribution < 1.29 is 14.6 Å². The second-order valence-electron chi connectivity index (χ2n) is 5.23. The van der Waals surface area contributed by atoms with Crippen molar-refractivity contribution in [2.24, 2.45) is 0 Å². The second-order valence-corrected chi connectivity index (χ2v) is 5.23. The van der Waals surface area contributed by atoms with Gasteiger partial charge in [0.25, 0.3) is 0 Å². The van der Waals surface area contributed by atoms with Gasteiger partial charge in [0.15, 0.2) is 0 Å². The molecule has 5 nitrogen and oxygen atoms in total. The minimum absolute atomic E-state index is 0.0345. The molecule has 1 saturated heterocycles. The predicted octanol–water partition coefficient (Wildman–Crippen LogP) is 1.52. The number of carbonyl (C=O) groups excluding carboxylic acids is 1. The highest BCUT2D eigenvalue weighted by molar-refractivity contribution is 5.74. The highest BCUT2D eigenvalue weighted by atomic mass is 16.5. The van der Waals surface area contributed by atoms with Gasteiger partial charge in [0.05, 0.1) is 25.4 Å². The van der Waals surface area contributed by atoms with E-state index in [4.69, 9.17) is 9.84 Å². The Morgan fingerprint density at radius 2 is 2.37 bits per heavy atom. The molecular weight excluding hydrogens is 244 g/mol. The van der Waals surface area contributed by atoms with Crippen molar-refractivity contribution in [1.82, 2.24) is 10.2 Å². The number of aliphatic hydroxyl groups excluding tert-OH is 1. The molecule has 0 bridgehead atoms. The summed E-state index contributed by atoms with van der Waals surface area (Å²) in [6, 6.07) is 0.0814. The number of urea groups is 1. The van der Waals surface area contributed by atoms with Crippen molar-refractivity contribution in [1.29, 1.82) is 0 Å². The molecule has 1 rings (SSSR count). The first-order chi connectivity index (χ1) is 9.06. The van der Waals surface area contributed by atoms with Crippen molar-refractivity contribution in [2.75, 3.05) is 19.7 Å². The summed E-state index contributed by atoms with van der Waals surface area (Å²) in [5.74, 6) is 0. The number of nitrogens with zero attached hydrogens (tertiary/aromatic N) is 1. The number of ether oxygens (including phenoxy) is 1. The van der Waals surface area contributed by atoms with E-state index >= 15 is 0 Å². The Morgan fingerprint density at radius 1 is 1.63 bits per heavy atom. The van der Waals surface area contributed by atoms with Gasteiger partial charge in [0.1, 0.15) is 0 Å². The first-order valence-corrected chi connectivity index (χ1v) is 6.99. The molecule has 0 aromatic rings. The highest BCUT2D eigenvalue weighted by Crippen LogP contribution is 2.11. The number of amides is 2. The summed E-state index contributed by atoms with van der Waals surface area (Å²) in [4.78, 5) is 13.8. The van der Waals surface area contributed by atoms with Crippen LogP contribution in [-0.2, 0) is 4.74 Å². The van der Waals surface area contributed by atoms with Gasteiger partial charge in [-0.2, -0.15) is 0 Å². The Labute approximate surface area is 115 Å². The number of aliphatic hydroxyl groups is 1. The monoisotopic (exact) mass is 270 g/mol. The van der Waals surface area contributed by atoms with E-state index in [0.717, 1.165) is 19.3 Å². The van der Waals surface area contributed by atoms with Crippen LogP contribution < -0.4 is 5.32 Å². The largest absolute Gasteiger partial charge is 0.394 e. The summed E-state index contributed by atoms with van der Waals surface area (Å²) in [5, 5.41) is 12.1. The number of hydrogen-bond acceptors (Lipinski definition) is 3. The van der Waals surface area contributed by atoms with E-state index in [1.807, 2.05) is 19.9 Å². The summed E-state index contributed by atoms with van der Waals surface area (Å²) in [5.41, 5.74) is 0. The van der Waals surface area contributed by atoms with Gasteiger partial charge in [-0.05, 0) is 33.1 Å². The van der Waals surface area contributed by atoms with Crippen LogP contribution in [0.5, 0.6) is 0 Å². The van der Waals surface area contributed by atoms with Gasteiger partial charge in [-0.25, -0.2) is 4.79 Å². The third-order valence-electron chi connectivity index (χ3n) is 3.23. The summed E-state index contributed by atoms with van der Waals surface area (Å²) < 4.78 is 5.52. The zero-order valence-corrected chi connectivity index (χ0v) is 12.0. The average molecular weight is 270 g/mol. The molecule has 0 radical (unpaired) electrons. The van der Waals surface area contributed by atoms with Crippen molar-refractivity contribution in [3.8, 4) is 0 Å². The quantitative estimate of drug-likeness (QED) is 0.568. The molecule has 1 fully saturated rings. The molecule has 0 spiro atoms. The predicted molar refractivity (Wildman–Crippen MR) is 75.0 cm³/mol. The molecule has 5 heteroatoms. The molecule has 0 unspecified atom stereocenters. The lowest BCUT2D eigenvalue weighted by Gasteiger charge is -2.36. The lowest BCUT2D eigenvalue weighted by atomic mass is 10.1. The molecule has 110 valence electrons. The second kappa shape index (κ2) is 8.17. The molecular formula is C14H26N2O3. The Morgan fingerprint density at radius 3 is 3.00 bits per heavy atom. The molecule has 1 aliphatic rings. The maximum atomic E-state index is 12.1. The van der Waals surface area contributed by atoms with Crippen LogP contribution in [0.1, 0.15) is 33.1 Å². The van der Waals surface area contributed by atoms with Crippen LogP contribution in [0, 0.1) is 0 Å². The van der Waals surface area contributed by atoms with Gasteiger partial charge < -0.3 is 20.1 Å². The Bertz CT molecular complexity index is 296. The van der Waals surface area contributed by atoms with Crippen LogP contribution in [0.4, 0.5) is 4.79 Å². The normalized spacial score (nSPS) is 24.9.